The highest BCUT2D eigenvalue weighted by molar-refractivity contribution is 6.25. The van der Waals surface area contributed by atoms with Crippen molar-refractivity contribution in [3.8, 4) is 0 Å². The number of aliphatic imine (C=N–C) groups is 1. The van der Waals surface area contributed by atoms with E-state index in [9.17, 15) is 9.59 Å². The fourth-order valence-electron chi connectivity index (χ4n) is 3.27. The molecule has 0 radical (unpaired) electrons. The Bertz CT molecular complexity index is 742. The van der Waals surface area contributed by atoms with Crippen molar-refractivity contribution >= 4 is 17.5 Å². The van der Waals surface area contributed by atoms with Gasteiger partial charge in [0.2, 0.25) is 0 Å². The lowest BCUT2D eigenvalue weighted by Gasteiger charge is -2.29. The second-order valence-electron chi connectivity index (χ2n) is 7.09. The van der Waals surface area contributed by atoms with Gasteiger partial charge >= 0.3 is 5.97 Å². The van der Waals surface area contributed by atoms with Crippen LogP contribution in [-0.4, -0.2) is 22.6 Å². The lowest BCUT2D eigenvalue weighted by atomic mass is 9.74. The minimum Gasteiger partial charge on any atom is -0.478 e. The first-order valence-corrected chi connectivity index (χ1v) is 7.39. The molecule has 1 saturated carbocycles. The third-order valence-corrected chi connectivity index (χ3v) is 4.38. The van der Waals surface area contributed by atoms with E-state index in [2.05, 4.69) is 13.8 Å². The Morgan fingerprint density at radius 3 is 2.64 bits per heavy atom. The summed E-state index contributed by atoms with van der Waals surface area (Å²) in [6, 6.07) is 6.78. The third kappa shape index (κ3) is 2.39. The van der Waals surface area contributed by atoms with E-state index in [1.54, 1.807) is 18.2 Å². The maximum Gasteiger partial charge on any atom is 0.335 e. The molecule has 0 amide bonds. The number of hydrogen-bond donors (Lipinski definition) is 1. The summed E-state index contributed by atoms with van der Waals surface area (Å²) in [7, 11) is 0. The molecule has 0 spiro atoms. The maximum atomic E-state index is 12.3. The molecule has 1 aromatic rings. The monoisotopic (exact) mass is 297 g/mol. The number of carboxylic acids is 1. The molecule has 1 aromatic carbocycles. The zero-order valence-corrected chi connectivity index (χ0v) is 13.0. The molecule has 22 heavy (non-hydrogen) atoms. The van der Waals surface area contributed by atoms with Gasteiger partial charge < -0.3 is 5.11 Å². The zero-order chi connectivity index (χ0) is 16.1. The number of aromatic carboxylic acids is 1. The molecule has 4 nitrogen and oxygen atoms in total. The van der Waals surface area contributed by atoms with Crippen molar-refractivity contribution < 1.29 is 14.7 Å². The number of allylic oxidation sites excluding steroid dienone is 1. The van der Waals surface area contributed by atoms with Gasteiger partial charge in [0.05, 0.1) is 5.56 Å². The second kappa shape index (κ2) is 4.63. The Balaban J connectivity index is 2.06. The predicted octanol–water partition coefficient (Wildman–Crippen LogP) is 3.37. The molecule has 0 saturated heterocycles. The molecule has 1 N–H and O–H groups in total. The van der Waals surface area contributed by atoms with Crippen LogP contribution < -0.4 is 0 Å². The van der Waals surface area contributed by atoms with Crippen LogP contribution in [0, 0.1) is 5.41 Å². The number of rotatable bonds is 2. The van der Waals surface area contributed by atoms with E-state index >= 15 is 0 Å². The highest BCUT2D eigenvalue weighted by atomic mass is 16.4. The fourth-order valence-corrected chi connectivity index (χ4v) is 3.27. The van der Waals surface area contributed by atoms with Gasteiger partial charge in [-0.2, -0.15) is 0 Å². The smallest absolute Gasteiger partial charge is 0.335 e. The van der Waals surface area contributed by atoms with E-state index in [1.165, 1.54) is 0 Å². The van der Waals surface area contributed by atoms with Crippen LogP contribution >= 0.6 is 0 Å². The molecule has 1 aliphatic heterocycles. The van der Waals surface area contributed by atoms with Crippen molar-refractivity contribution in [3.05, 3.63) is 47.0 Å². The fraction of sp³-hybridized carbons (Fsp3) is 0.389. The molecule has 1 atom stereocenters. The summed E-state index contributed by atoms with van der Waals surface area (Å²) in [5, 5.41) is 9.15. The van der Waals surface area contributed by atoms with Gasteiger partial charge in [-0.05, 0) is 42.5 Å². The summed E-state index contributed by atoms with van der Waals surface area (Å²) in [5.74, 6) is -0.827. The summed E-state index contributed by atoms with van der Waals surface area (Å²) >= 11 is 0. The quantitative estimate of drug-likeness (QED) is 0.910. The van der Waals surface area contributed by atoms with Gasteiger partial charge in [0.25, 0.3) is 0 Å². The van der Waals surface area contributed by atoms with Crippen LogP contribution in [0.3, 0.4) is 0 Å². The molecule has 1 fully saturated rings. The lowest BCUT2D eigenvalue weighted by molar-refractivity contribution is -0.117. The lowest BCUT2D eigenvalue weighted by Crippen LogP contribution is -2.30. The molecular formula is C18H19NO3. The maximum absolute atomic E-state index is 12.3. The minimum atomic E-state index is -0.960. The van der Waals surface area contributed by atoms with Crippen molar-refractivity contribution in [1.82, 2.24) is 0 Å². The van der Waals surface area contributed by atoms with Gasteiger partial charge in [0.1, 0.15) is 5.54 Å². The molecule has 1 unspecified atom stereocenters. The number of ketones is 1. The largest absolute Gasteiger partial charge is 0.478 e. The van der Waals surface area contributed by atoms with Crippen LogP contribution in [-0.2, 0) is 10.3 Å². The van der Waals surface area contributed by atoms with Crippen LogP contribution in [0.25, 0.3) is 0 Å². The SMILES string of the molecule is CC1(C)CC(=O)C2=CC(C)(c3cccc(C(=O)O)c3)N=C2C1. The molecule has 3 rings (SSSR count). The first-order chi connectivity index (χ1) is 10.2. The number of Topliss-reactive ketones (excluding diaryl/α,β-unsaturated/α-hetero) is 1. The van der Waals surface area contributed by atoms with Gasteiger partial charge in [0.15, 0.2) is 5.78 Å². The Hall–Kier alpha value is -2.23. The van der Waals surface area contributed by atoms with Gasteiger partial charge in [-0.3, -0.25) is 9.79 Å². The van der Waals surface area contributed by atoms with Gasteiger partial charge in [-0.1, -0.05) is 26.0 Å². The number of carbonyl (C=O) groups is 2. The Morgan fingerprint density at radius 2 is 1.95 bits per heavy atom. The highest BCUT2D eigenvalue weighted by Gasteiger charge is 2.41. The van der Waals surface area contributed by atoms with E-state index in [1.807, 2.05) is 19.1 Å². The van der Waals surface area contributed by atoms with E-state index < -0.39 is 11.5 Å². The van der Waals surface area contributed by atoms with Gasteiger partial charge in [-0.15, -0.1) is 0 Å². The van der Waals surface area contributed by atoms with E-state index in [0.29, 0.717) is 12.0 Å². The molecule has 2 aliphatic rings. The topological polar surface area (TPSA) is 66.7 Å². The Labute approximate surface area is 129 Å². The summed E-state index contributed by atoms with van der Waals surface area (Å²) in [5.41, 5.74) is 1.87. The van der Waals surface area contributed by atoms with Crippen LogP contribution in [0.15, 0.2) is 40.9 Å². The molecule has 114 valence electrons. The molecule has 1 heterocycles. The number of carboxylic acid groups (broad SMARTS) is 1. The highest BCUT2D eigenvalue weighted by Crippen LogP contribution is 2.42. The normalized spacial score (nSPS) is 26.2. The van der Waals surface area contributed by atoms with Crippen LogP contribution in [0.5, 0.6) is 0 Å². The molecule has 0 bridgehead atoms. The number of nitrogens with zero attached hydrogens (tertiary/aromatic N) is 1. The standard InChI is InChI=1S/C18H19NO3/c1-17(2)9-14-13(15(20)10-17)8-18(3,19-14)12-6-4-5-11(7-12)16(21)22/h4-8H,9-10H2,1-3H3,(H,21,22). The van der Waals surface area contributed by atoms with E-state index in [0.717, 1.165) is 17.7 Å². The van der Waals surface area contributed by atoms with Crippen molar-refractivity contribution in [2.45, 2.75) is 39.2 Å². The second-order valence-corrected chi connectivity index (χ2v) is 7.09. The average molecular weight is 297 g/mol. The summed E-state index contributed by atoms with van der Waals surface area (Å²) < 4.78 is 0. The molecular weight excluding hydrogens is 278 g/mol. The first kappa shape index (κ1) is 14.7. The predicted molar refractivity (Wildman–Crippen MR) is 84.3 cm³/mol. The van der Waals surface area contributed by atoms with Gasteiger partial charge in [0, 0.05) is 17.7 Å². The van der Waals surface area contributed by atoms with E-state index in [-0.39, 0.29) is 16.8 Å². The minimum absolute atomic E-state index is 0.0680. The zero-order valence-electron chi connectivity index (χ0n) is 13.0. The number of carbonyl (C=O) groups excluding carboxylic acids is 1. The van der Waals surface area contributed by atoms with Gasteiger partial charge in [-0.25, -0.2) is 4.79 Å². The number of hydrogen-bond acceptors (Lipinski definition) is 3. The number of benzene rings is 1. The summed E-state index contributed by atoms with van der Waals surface area (Å²) in [6.45, 7) is 6.07. The summed E-state index contributed by atoms with van der Waals surface area (Å²) in [4.78, 5) is 28.3. The Kier molecular flexibility index (Phi) is 3.09. The van der Waals surface area contributed by atoms with E-state index in [4.69, 9.17) is 10.1 Å². The van der Waals surface area contributed by atoms with Crippen LogP contribution in [0.1, 0.15) is 49.5 Å². The Morgan fingerprint density at radius 1 is 1.23 bits per heavy atom. The number of fused-ring (bicyclic) bond motifs is 1. The van der Waals surface area contributed by atoms with Crippen LogP contribution in [0.2, 0.25) is 0 Å². The van der Waals surface area contributed by atoms with Crippen molar-refractivity contribution in [3.63, 3.8) is 0 Å². The molecule has 4 heteroatoms. The third-order valence-electron chi connectivity index (χ3n) is 4.38. The first-order valence-electron chi connectivity index (χ1n) is 7.39. The molecule has 1 aliphatic carbocycles. The van der Waals surface area contributed by atoms with Crippen molar-refractivity contribution in [2.75, 3.05) is 0 Å². The summed E-state index contributed by atoms with van der Waals surface area (Å²) in [6.07, 6.45) is 3.20. The van der Waals surface area contributed by atoms with Crippen LogP contribution in [0.4, 0.5) is 0 Å². The van der Waals surface area contributed by atoms with Crippen molar-refractivity contribution in [2.24, 2.45) is 10.4 Å². The van der Waals surface area contributed by atoms with Crippen molar-refractivity contribution in [1.29, 1.82) is 0 Å². The molecule has 0 aromatic heterocycles. The average Bonchev–Trinajstić information content (AvgIpc) is 2.76.